The molecule has 0 aromatic rings. The molecule has 1 aliphatic heterocycles. The normalized spacial score (nSPS) is 19.8. The molecule has 1 fully saturated rings. The van der Waals surface area contributed by atoms with Gasteiger partial charge in [0.15, 0.2) is 0 Å². The molecule has 1 heterocycles. The molecule has 0 radical (unpaired) electrons. The van der Waals surface area contributed by atoms with Gasteiger partial charge in [0.1, 0.15) is 0 Å². The van der Waals surface area contributed by atoms with Gasteiger partial charge in [-0.1, -0.05) is 0 Å². The van der Waals surface area contributed by atoms with Crippen molar-refractivity contribution >= 4 is 5.91 Å². The summed E-state index contributed by atoms with van der Waals surface area (Å²) >= 11 is 0. The monoisotopic (exact) mass is 228 g/mol. The fourth-order valence-electron chi connectivity index (χ4n) is 1.98. The maximum atomic E-state index is 11.9. The quantitative estimate of drug-likeness (QED) is 0.714. The van der Waals surface area contributed by atoms with E-state index in [1.165, 1.54) is 0 Å². The third-order valence-electron chi connectivity index (χ3n) is 2.81. The van der Waals surface area contributed by atoms with Crippen molar-refractivity contribution in [3.8, 4) is 0 Å². The van der Waals surface area contributed by atoms with Gasteiger partial charge in [-0.15, -0.1) is 0 Å². The van der Waals surface area contributed by atoms with Crippen molar-refractivity contribution in [3.63, 3.8) is 0 Å². The topological polar surface area (TPSA) is 41.6 Å². The van der Waals surface area contributed by atoms with E-state index in [0.717, 1.165) is 32.7 Å². The lowest BCUT2D eigenvalue weighted by Gasteiger charge is -2.39. The first kappa shape index (κ1) is 13.5. The number of nitrogens with one attached hydrogen (secondary N) is 1. The predicted molar refractivity (Wildman–Crippen MR) is 64.4 cm³/mol. The maximum absolute atomic E-state index is 11.9. The predicted octanol–water partition coefficient (Wildman–Crippen LogP) is 1.01. The fourth-order valence-corrected chi connectivity index (χ4v) is 1.98. The highest BCUT2D eigenvalue weighted by Gasteiger charge is 2.27. The van der Waals surface area contributed by atoms with Crippen LogP contribution in [0, 0.1) is 0 Å². The highest BCUT2D eigenvalue weighted by molar-refractivity contribution is 5.76. The lowest BCUT2D eigenvalue weighted by Crippen LogP contribution is -2.58. The number of hydrogen-bond donors (Lipinski definition) is 1. The van der Waals surface area contributed by atoms with Gasteiger partial charge in [-0.05, 0) is 27.2 Å². The molecule has 0 aromatic heterocycles. The molecule has 0 unspecified atom stereocenters. The van der Waals surface area contributed by atoms with Crippen LogP contribution in [-0.2, 0) is 9.53 Å². The van der Waals surface area contributed by atoms with Crippen LogP contribution in [0.3, 0.4) is 0 Å². The molecule has 1 N–H and O–H groups in total. The van der Waals surface area contributed by atoms with E-state index < -0.39 is 0 Å². The third kappa shape index (κ3) is 4.49. The lowest BCUT2D eigenvalue weighted by molar-refractivity contribution is -0.133. The Bertz CT molecular complexity index is 229. The molecule has 1 rings (SSSR count). The van der Waals surface area contributed by atoms with Gasteiger partial charge in [0.2, 0.25) is 5.91 Å². The Morgan fingerprint density at radius 1 is 1.50 bits per heavy atom. The van der Waals surface area contributed by atoms with E-state index in [4.69, 9.17) is 4.74 Å². The summed E-state index contributed by atoms with van der Waals surface area (Å²) < 4.78 is 5.23. The van der Waals surface area contributed by atoms with E-state index in [1.54, 1.807) is 0 Å². The minimum atomic E-state index is 0.0494. The molecule has 0 atom stereocenters. The molecule has 0 spiro atoms. The van der Waals surface area contributed by atoms with Gasteiger partial charge in [0.05, 0.1) is 0 Å². The molecule has 0 saturated carbocycles. The SMILES string of the molecule is CCOCCCC(=O)N1CCNC(C)(C)C1. The highest BCUT2D eigenvalue weighted by Crippen LogP contribution is 2.11. The van der Waals surface area contributed by atoms with Crippen LogP contribution in [0.4, 0.5) is 0 Å². The van der Waals surface area contributed by atoms with Crippen LogP contribution < -0.4 is 5.32 Å². The van der Waals surface area contributed by atoms with Crippen LogP contribution >= 0.6 is 0 Å². The molecule has 0 bridgehead atoms. The zero-order valence-electron chi connectivity index (χ0n) is 10.7. The van der Waals surface area contributed by atoms with E-state index in [2.05, 4.69) is 19.2 Å². The van der Waals surface area contributed by atoms with Gasteiger partial charge in [0.25, 0.3) is 0 Å². The van der Waals surface area contributed by atoms with Crippen molar-refractivity contribution in [2.75, 3.05) is 32.8 Å². The summed E-state index contributed by atoms with van der Waals surface area (Å²) in [6, 6.07) is 0. The molecule has 1 amide bonds. The van der Waals surface area contributed by atoms with E-state index >= 15 is 0 Å². The Labute approximate surface area is 98.3 Å². The van der Waals surface area contributed by atoms with Gasteiger partial charge in [-0.2, -0.15) is 0 Å². The maximum Gasteiger partial charge on any atom is 0.222 e. The van der Waals surface area contributed by atoms with Crippen LogP contribution in [0.5, 0.6) is 0 Å². The second-order valence-electron chi connectivity index (χ2n) is 4.93. The van der Waals surface area contributed by atoms with Gasteiger partial charge in [0, 0.05) is 44.8 Å². The number of nitrogens with zero attached hydrogens (tertiary/aromatic N) is 1. The average molecular weight is 228 g/mol. The standard InChI is InChI=1S/C12H24N2O2/c1-4-16-9-5-6-11(15)14-8-7-13-12(2,3)10-14/h13H,4-10H2,1-3H3. The van der Waals surface area contributed by atoms with Crippen LogP contribution in [0.2, 0.25) is 0 Å². The Balaban J connectivity index is 2.25. The van der Waals surface area contributed by atoms with Crippen LogP contribution in [-0.4, -0.2) is 49.2 Å². The van der Waals surface area contributed by atoms with Crippen molar-refractivity contribution in [1.82, 2.24) is 10.2 Å². The first-order chi connectivity index (χ1) is 7.55. The summed E-state index contributed by atoms with van der Waals surface area (Å²) in [5.41, 5.74) is 0.0494. The van der Waals surface area contributed by atoms with Crippen LogP contribution in [0.1, 0.15) is 33.6 Å². The van der Waals surface area contributed by atoms with Gasteiger partial charge in [-0.3, -0.25) is 4.79 Å². The van der Waals surface area contributed by atoms with E-state index in [9.17, 15) is 4.79 Å². The van der Waals surface area contributed by atoms with Crippen molar-refractivity contribution in [2.45, 2.75) is 39.2 Å². The first-order valence-corrected chi connectivity index (χ1v) is 6.16. The largest absolute Gasteiger partial charge is 0.382 e. The van der Waals surface area contributed by atoms with Crippen LogP contribution in [0.25, 0.3) is 0 Å². The van der Waals surface area contributed by atoms with Crippen molar-refractivity contribution < 1.29 is 9.53 Å². The summed E-state index contributed by atoms with van der Waals surface area (Å²) in [6.07, 6.45) is 1.44. The second kappa shape index (κ2) is 6.21. The summed E-state index contributed by atoms with van der Waals surface area (Å²) in [5, 5.41) is 3.40. The van der Waals surface area contributed by atoms with Crippen molar-refractivity contribution in [2.24, 2.45) is 0 Å². The molecule has 0 aromatic carbocycles. The zero-order valence-corrected chi connectivity index (χ0v) is 10.7. The number of amides is 1. The molecule has 1 saturated heterocycles. The molecular weight excluding hydrogens is 204 g/mol. The Morgan fingerprint density at radius 3 is 2.88 bits per heavy atom. The lowest BCUT2D eigenvalue weighted by atomic mass is 10.0. The van der Waals surface area contributed by atoms with Crippen LogP contribution in [0.15, 0.2) is 0 Å². The molecule has 4 heteroatoms. The van der Waals surface area contributed by atoms with Crippen molar-refractivity contribution in [3.05, 3.63) is 0 Å². The second-order valence-corrected chi connectivity index (χ2v) is 4.93. The molecule has 1 aliphatic rings. The number of ether oxygens (including phenoxy) is 1. The Morgan fingerprint density at radius 2 is 2.25 bits per heavy atom. The van der Waals surface area contributed by atoms with E-state index in [-0.39, 0.29) is 11.4 Å². The molecule has 4 nitrogen and oxygen atoms in total. The molecular formula is C12H24N2O2. The summed E-state index contributed by atoms with van der Waals surface area (Å²) in [7, 11) is 0. The average Bonchev–Trinajstić information content (AvgIpc) is 2.22. The number of carbonyl (C=O) groups excluding carboxylic acids is 1. The Kier molecular flexibility index (Phi) is 5.22. The summed E-state index contributed by atoms with van der Waals surface area (Å²) in [6.45, 7) is 10.2. The van der Waals surface area contributed by atoms with Gasteiger partial charge < -0.3 is 15.0 Å². The molecule has 94 valence electrons. The summed E-state index contributed by atoms with van der Waals surface area (Å²) in [4.78, 5) is 13.9. The van der Waals surface area contributed by atoms with Gasteiger partial charge >= 0.3 is 0 Å². The number of piperazine rings is 1. The minimum Gasteiger partial charge on any atom is -0.382 e. The molecule has 0 aliphatic carbocycles. The Hall–Kier alpha value is -0.610. The fraction of sp³-hybridized carbons (Fsp3) is 0.917. The minimum absolute atomic E-state index is 0.0494. The number of hydrogen-bond acceptors (Lipinski definition) is 3. The van der Waals surface area contributed by atoms with Gasteiger partial charge in [-0.25, -0.2) is 0 Å². The third-order valence-corrected chi connectivity index (χ3v) is 2.81. The number of carbonyl (C=O) groups is 1. The van der Waals surface area contributed by atoms with E-state index in [1.807, 2.05) is 11.8 Å². The smallest absolute Gasteiger partial charge is 0.222 e. The zero-order chi connectivity index (χ0) is 12.0. The molecule has 16 heavy (non-hydrogen) atoms. The number of rotatable bonds is 5. The first-order valence-electron chi connectivity index (χ1n) is 6.16. The van der Waals surface area contributed by atoms with E-state index in [0.29, 0.717) is 13.0 Å². The van der Waals surface area contributed by atoms with Crippen molar-refractivity contribution in [1.29, 1.82) is 0 Å². The summed E-state index contributed by atoms with van der Waals surface area (Å²) in [5.74, 6) is 0.259. The highest BCUT2D eigenvalue weighted by atomic mass is 16.5.